The minimum Gasteiger partial charge on any atom is -0.465 e. The zero-order valence-electron chi connectivity index (χ0n) is 5.70. The van der Waals surface area contributed by atoms with Gasteiger partial charge in [0.05, 0.1) is 11.3 Å². The highest BCUT2D eigenvalue weighted by molar-refractivity contribution is 7.15. The minimum atomic E-state index is -1.24. The molecule has 64 valence electrons. The molecule has 0 spiro atoms. The van der Waals surface area contributed by atoms with Gasteiger partial charge in [-0.2, -0.15) is 0 Å². The normalized spacial score (nSPS) is 9.42. The van der Waals surface area contributed by atoms with Crippen molar-refractivity contribution in [3.8, 4) is 0 Å². The van der Waals surface area contributed by atoms with Gasteiger partial charge in [-0.3, -0.25) is 10.1 Å². The van der Waals surface area contributed by atoms with E-state index >= 15 is 0 Å². The summed E-state index contributed by atoms with van der Waals surface area (Å²) in [4.78, 5) is 20.5. The Kier molecular flexibility index (Phi) is 2.67. The molecule has 1 heterocycles. The lowest BCUT2D eigenvalue weighted by molar-refractivity contribution is 0.112. The number of carbonyl (C=O) groups excluding carboxylic acids is 1. The summed E-state index contributed by atoms with van der Waals surface area (Å²) in [5, 5.41) is 11.9. The van der Waals surface area contributed by atoms with Crippen LogP contribution in [-0.4, -0.2) is 17.5 Å². The summed E-state index contributed by atoms with van der Waals surface area (Å²) < 4.78 is 0.263. The van der Waals surface area contributed by atoms with Gasteiger partial charge in [-0.25, -0.2) is 4.79 Å². The molecule has 2 N–H and O–H groups in total. The van der Waals surface area contributed by atoms with E-state index in [2.05, 4.69) is 0 Å². The quantitative estimate of drug-likeness (QED) is 0.728. The van der Waals surface area contributed by atoms with Crippen LogP contribution in [0.4, 0.5) is 10.5 Å². The first-order valence-corrected chi connectivity index (χ1v) is 4.13. The van der Waals surface area contributed by atoms with E-state index in [1.165, 1.54) is 5.38 Å². The SMILES string of the molecule is O=Cc1csc(Cl)c1NC(=O)O. The molecule has 0 aliphatic carbocycles. The van der Waals surface area contributed by atoms with E-state index in [0.29, 0.717) is 6.29 Å². The summed E-state index contributed by atoms with van der Waals surface area (Å²) in [5.41, 5.74) is 0.413. The van der Waals surface area contributed by atoms with Gasteiger partial charge in [0.1, 0.15) is 4.34 Å². The summed E-state index contributed by atoms with van der Waals surface area (Å²) >= 11 is 6.71. The second-order valence-corrected chi connectivity index (χ2v) is 3.37. The van der Waals surface area contributed by atoms with Gasteiger partial charge in [0, 0.05) is 5.38 Å². The maximum absolute atomic E-state index is 10.3. The molecular formula is C6H4ClNO3S. The highest BCUT2D eigenvalue weighted by atomic mass is 35.5. The second-order valence-electron chi connectivity index (χ2n) is 1.89. The van der Waals surface area contributed by atoms with Crippen molar-refractivity contribution in [2.45, 2.75) is 0 Å². The van der Waals surface area contributed by atoms with E-state index in [-0.39, 0.29) is 15.6 Å². The Hall–Kier alpha value is -1.07. The molecule has 0 unspecified atom stereocenters. The van der Waals surface area contributed by atoms with Crippen LogP contribution in [-0.2, 0) is 0 Å². The summed E-state index contributed by atoms with van der Waals surface area (Å²) in [6.45, 7) is 0. The van der Waals surface area contributed by atoms with E-state index < -0.39 is 6.09 Å². The van der Waals surface area contributed by atoms with Gasteiger partial charge in [-0.15, -0.1) is 11.3 Å². The van der Waals surface area contributed by atoms with Gasteiger partial charge in [-0.05, 0) is 0 Å². The molecule has 1 aromatic rings. The fourth-order valence-electron chi connectivity index (χ4n) is 0.661. The predicted molar refractivity (Wildman–Crippen MR) is 46.4 cm³/mol. The number of halogens is 1. The monoisotopic (exact) mass is 205 g/mol. The molecule has 0 radical (unpaired) electrons. The molecule has 4 nitrogen and oxygen atoms in total. The van der Waals surface area contributed by atoms with E-state index in [4.69, 9.17) is 16.7 Å². The molecule has 0 aromatic carbocycles. The molecule has 6 heteroatoms. The maximum atomic E-state index is 10.3. The van der Waals surface area contributed by atoms with Crippen LogP contribution in [0.1, 0.15) is 10.4 Å². The van der Waals surface area contributed by atoms with E-state index in [1.54, 1.807) is 0 Å². The number of thiophene rings is 1. The molecular weight excluding hydrogens is 202 g/mol. The lowest BCUT2D eigenvalue weighted by Crippen LogP contribution is -2.08. The van der Waals surface area contributed by atoms with Crippen LogP contribution >= 0.6 is 22.9 Å². The minimum absolute atomic E-state index is 0.157. The molecule has 0 saturated carbocycles. The molecule has 1 amide bonds. The zero-order valence-corrected chi connectivity index (χ0v) is 7.28. The van der Waals surface area contributed by atoms with Crippen LogP contribution in [0.5, 0.6) is 0 Å². The number of nitrogens with one attached hydrogen (secondary N) is 1. The number of amides is 1. The van der Waals surface area contributed by atoms with Crippen LogP contribution in [0.3, 0.4) is 0 Å². The van der Waals surface area contributed by atoms with Crippen molar-refractivity contribution in [1.82, 2.24) is 0 Å². The average molecular weight is 206 g/mol. The maximum Gasteiger partial charge on any atom is 0.409 e. The van der Waals surface area contributed by atoms with Crippen molar-refractivity contribution in [2.24, 2.45) is 0 Å². The second kappa shape index (κ2) is 3.55. The lowest BCUT2D eigenvalue weighted by Gasteiger charge is -1.97. The number of anilines is 1. The van der Waals surface area contributed by atoms with E-state index in [9.17, 15) is 9.59 Å². The summed E-state index contributed by atoms with van der Waals surface area (Å²) in [7, 11) is 0. The Labute approximate surface area is 76.8 Å². The number of hydrogen-bond acceptors (Lipinski definition) is 3. The van der Waals surface area contributed by atoms with Crippen LogP contribution < -0.4 is 5.32 Å². The van der Waals surface area contributed by atoms with Crippen molar-refractivity contribution in [3.63, 3.8) is 0 Å². The third kappa shape index (κ3) is 1.75. The largest absolute Gasteiger partial charge is 0.465 e. The average Bonchev–Trinajstić information content (AvgIpc) is 2.32. The predicted octanol–water partition coefficient (Wildman–Crippen LogP) is 2.30. The number of hydrogen-bond donors (Lipinski definition) is 2. The van der Waals surface area contributed by atoms with Gasteiger partial charge in [0.25, 0.3) is 0 Å². The van der Waals surface area contributed by atoms with Gasteiger partial charge in [-0.1, -0.05) is 11.6 Å². The van der Waals surface area contributed by atoms with Crippen LogP contribution in [0.25, 0.3) is 0 Å². The smallest absolute Gasteiger partial charge is 0.409 e. The first-order chi connectivity index (χ1) is 5.65. The Morgan fingerprint density at radius 2 is 2.42 bits per heavy atom. The van der Waals surface area contributed by atoms with Crippen molar-refractivity contribution in [3.05, 3.63) is 15.3 Å². The van der Waals surface area contributed by atoms with Crippen molar-refractivity contribution in [1.29, 1.82) is 0 Å². The van der Waals surface area contributed by atoms with Crippen molar-refractivity contribution < 1.29 is 14.7 Å². The molecule has 0 aliphatic rings. The first-order valence-electron chi connectivity index (χ1n) is 2.87. The molecule has 1 rings (SSSR count). The van der Waals surface area contributed by atoms with Crippen LogP contribution in [0.15, 0.2) is 5.38 Å². The zero-order chi connectivity index (χ0) is 9.14. The Morgan fingerprint density at radius 1 is 1.75 bits per heavy atom. The summed E-state index contributed by atoms with van der Waals surface area (Å²) in [6.07, 6.45) is -0.688. The Balaban J connectivity index is 3.01. The summed E-state index contributed by atoms with van der Waals surface area (Å²) in [5.74, 6) is 0. The Bertz CT molecular complexity index is 323. The lowest BCUT2D eigenvalue weighted by atomic mass is 10.3. The van der Waals surface area contributed by atoms with Crippen molar-refractivity contribution in [2.75, 3.05) is 5.32 Å². The fourth-order valence-corrected chi connectivity index (χ4v) is 1.64. The number of carboxylic acid groups (broad SMARTS) is 1. The first kappa shape index (κ1) is 9.02. The van der Waals surface area contributed by atoms with E-state index in [0.717, 1.165) is 11.3 Å². The Morgan fingerprint density at radius 3 is 2.92 bits per heavy atom. The number of carbonyl (C=O) groups is 2. The fraction of sp³-hybridized carbons (Fsp3) is 0. The van der Waals surface area contributed by atoms with Crippen LogP contribution in [0, 0.1) is 0 Å². The third-order valence-corrected chi connectivity index (χ3v) is 2.37. The molecule has 1 aromatic heterocycles. The number of aldehydes is 1. The molecule has 0 atom stereocenters. The third-order valence-electron chi connectivity index (χ3n) is 1.13. The molecule has 0 saturated heterocycles. The highest BCUT2D eigenvalue weighted by Gasteiger charge is 2.11. The highest BCUT2D eigenvalue weighted by Crippen LogP contribution is 2.31. The molecule has 0 aliphatic heterocycles. The molecule has 12 heavy (non-hydrogen) atoms. The van der Waals surface area contributed by atoms with Crippen molar-refractivity contribution >= 4 is 41.0 Å². The van der Waals surface area contributed by atoms with Gasteiger partial charge >= 0.3 is 6.09 Å². The molecule has 0 fully saturated rings. The standard InChI is InChI=1S/C6H4ClNO3S/c7-5-4(8-6(10)11)3(1-9)2-12-5/h1-2,8H,(H,10,11). The van der Waals surface area contributed by atoms with Gasteiger partial charge in [0.2, 0.25) is 0 Å². The van der Waals surface area contributed by atoms with Gasteiger partial charge in [0.15, 0.2) is 6.29 Å². The number of rotatable bonds is 2. The van der Waals surface area contributed by atoms with Crippen LogP contribution in [0.2, 0.25) is 4.34 Å². The summed E-state index contributed by atoms with van der Waals surface area (Å²) in [6, 6.07) is 0. The molecule has 0 bridgehead atoms. The van der Waals surface area contributed by atoms with E-state index in [1.807, 2.05) is 5.32 Å². The topological polar surface area (TPSA) is 66.4 Å². The van der Waals surface area contributed by atoms with Gasteiger partial charge < -0.3 is 5.11 Å².